The molecule has 21 heavy (non-hydrogen) atoms. The van der Waals surface area contributed by atoms with Gasteiger partial charge in [-0.3, -0.25) is 0 Å². The van der Waals surface area contributed by atoms with Gasteiger partial charge in [-0.25, -0.2) is 8.42 Å². The number of hydrogen-bond donors (Lipinski definition) is 0. The number of aryl methyl sites for hydroxylation is 1. The average molecular weight is 324 g/mol. The molecule has 0 aliphatic heterocycles. The zero-order valence-corrected chi connectivity index (χ0v) is 13.7. The summed E-state index contributed by atoms with van der Waals surface area (Å²) in [5.41, 5.74) is 2.87. The molecule has 0 aliphatic rings. The number of halogens is 1. The fourth-order valence-corrected chi connectivity index (χ4v) is 3.52. The molecular formula is C16H18ClNO2S. The molecule has 0 atom stereocenters. The topological polar surface area (TPSA) is 37.4 Å². The van der Waals surface area contributed by atoms with Crippen LogP contribution in [0.2, 0.25) is 0 Å². The van der Waals surface area contributed by atoms with Crippen LogP contribution in [0.5, 0.6) is 0 Å². The molecule has 0 heterocycles. The Morgan fingerprint density at radius 1 is 1.05 bits per heavy atom. The summed E-state index contributed by atoms with van der Waals surface area (Å²) < 4.78 is 26.5. The second kappa shape index (κ2) is 6.60. The lowest BCUT2D eigenvalue weighted by molar-refractivity contribution is 0.466. The maximum Gasteiger partial charge on any atom is 0.243 e. The molecule has 5 heteroatoms. The summed E-state index contributed by atoms with van der Waals surface area (Å²) in [5.74, 6) is 0.297. The van der Waals surface area contributed by atoms with Gasteiger partial charge in [0.1, 0.15) is 0 Å². The highest BCUT2D eigenvalue weighted by atomic mass is 35.5. The number of alkyl halides is 1. The van der Waals surface area contributed by atoms with E-state index >= 15 is 0 Å². The number of rotatable bonds is 5. The van der Waals surface area contributed by atoms with Crippen molar-refractivity contribution in [1.82, 2.24) is 4.31 Å². The average Bonchev–Trinajstić information content (AvgIpc) is 2.47. The van der Waals surface area contributed by atoms with Gasteiger partial charge < -0.3 is 0 Å². The van der Waals surface area contributed by atoms with Gasteiger partial charge in [0.15, 0.2) is 0 Å². The molecule has 0 amide bonds. The van der Waals surface area contributed by atoms with E-state index in [0.717, 1.165) is 16.7 Å². The first kappa shape index (κ1) is 16.0. The third-order valence-corrected chi connectivity index (χ3v) is 5.36. The minimum Gasteiger partial charge on any atom is -0.207 e. The number of hydrogen-bond acceptors (Lipinski definition) is 2. The molecule has 2 aromatic rings. The number of sulfonamides is 1. The standard InChI is InChI=1S/C16H18ClNO2S/c1-13-5-3-7-15(9-13)12-18(2)21(19,20)16-8-4-6-14(10-16)11-17/h3-10H,11-12H2,1-2H3. The maximum absolute atomic E-state index is 12.6. The monoisotopic (exact) mass is 323 g/mol. The molecule has 0 fully saturated rings. The zero-order chi connectivity index (χ0) is 15.5. The van der Waals surface area contributed by atoms with Crippen LogP contribution in [-0.4, -0.2) is 19.8 Å². The van der Waals surface area contributed by atoms with E-state index < -0.39 is 10.0 Å². The Bertz CT molecular complexity index is 729. The Hall–Kier alpha value is -1.36. The van der Waals surface area contributed by atoms with Crippen LogP contribution in [0.4, 0.5) is 0 Å². The van der Waals surface area contributed by atoms with E-state index in [4.69, 9.17) is 11.6 Å². The maximum atomic E-state index is 12.6. The van der Waals surface area contributed by atoms with Crippen LogP contribution in [0.1, 0.15) is 16.7 Å². The first-order valence-corrected chi connectivity index (χ1v) is 8.58. The predicted octanol–water partition coefficient (Wildman–Crippen LogP) is 3.55. The van der Waals surface area contributed by atoms with E-state index in [1.165, 1.54) is 4.31 Å². The second-order valence-corrected chi connectivity index (χ2v) is 7.34. The smallest absolute Gasteiger partial charge is 0.207 e. The molecule has 0 aliphatic carbocycles. The van der Waals surface area contributed by atoms with Gasteiger partial charge in [-0.15, -0.1) is 11.6 Å². The lowest BCUT2D eigenvalue weighted by atomic mass is 10.1. The van der Waals surface area contributed by atoms with Crippen molar-refractivity contribution in [1.29, 1.82) is 0 Å². The van der Waals surface area contributed by atoms with E-state index in [0.29, 0.717) is 12.4 Å². The van der Waals surface area contributed by atoms with Gasteiger partial charge in [-0.2, -0.15) is 4.31 Å². The van der Waals surface area contributed by atoms with Gasteiger partial charge in [-0.1, -0.05) is 42.0 Å². The highest BCUT2D eigenvalue weighted by molar-refractivity contribution is 7.89. The van der Waals surface area contributed by atoms with Crippen molar-refractivity contribution >= 4 is 21.6 Å². The van der Waals surface area contributed by atoms with Gasteiger partial charge >= 0.3 is 0 Å². The van der Waals surface area contributed by atoms with Gasteiger partial charge in [0.2, 0.25) is 10.0 Å². The second-order valence-electron chi connectivity index (χ2n) is 5.03. The lowest BCUT2D eigenvalue weighted by Crippen LogP contribution is -2.26. The van der Waals surface area contributed by atoms with E-state index in [1.54, 1.807) is 25.2 Å². The Labute approximate surface area is 131 Å². The van der Waals surface area contributed by atoms with Crippen molar-refractivity contribution < 1.29 is 8.42 Å². The first-order chi connectivity index (χ1) is 9.93. The molecular weight excluding hydrogens is 306 g/mol. The third-order valence-electron chi connectivity index (χ3n) is 3.25. The molecule has 3 nitrogen and oxygen atoms in total. The summed E-state index contributed by atoms with van der Waals surface area (Å²) in [6.07, 6.45) is 0. The minimum absolute atomic E-state index is 0.274. The van der Waals surface area contributed by atoms with Crippen molar-refractivity contribution in [3.63, 3.8) is 0 Å². The van der Waals surface area contributed by atoms with Crippen molar-refractivity contribution in [2.24, 2.45) is 0 Å². The van der Waals surface area contributed by atoms with Crippen molar-refractivity contribution in [3.05, 3.63) is 65.2 Å². The van der Waals surface area contributed by atoms with E-state index in [2.05, 4.69) is 0 Å². The molecule has 0 aromatic heterocycles. The van der Waals surface area contributed by atoms with E-state index in [-0.39, 0.29) is 4.90 Å². The molecule has 0 bridgehead atoms. The molecule has 112 valence electrons. The van der Waals surface area contributed by atoms with Crippen LogP contribution in [0.3, 0.4) is 0 Å². The van der Waals surface area contributed by atoms with Crippen molar-refractivity contribution in [2.45, 2.75) is 24.2 Å². The predicted molar refractivity (Wildman–Crippen MR) is 85.8 cm³/mol. The number of benzene rings is 2. The fourth-order valence-electron chi connectivity index (χ4n) is 2.12. The van der Waals surface area contributed by atoms with Gasteiger partial charge in [0.25, 0.3) is 0 Å². The Morgan fingerprint density at radius 2 is 1.71 bits per heavy atom. The highest BCUT2D eigenvalue weighted by Gasteiger charge is 2.21. The summed E-state index contributed by atoms with van der Waals surface area (Å²) >= 11 is 5.77. The van der Waals surface area contributed by atoms with Gasteiger partial charge in [0.05, 0.1) is 4.90 Å². The van der Waals surface area contributed by atoms with Crippen LogP contribution in [-0.2, 0) is 22.4 Å². The summed E-state index contributed by atoms with van der Waals surface area (Å²) in [5, 5.41) is 0. The molecule has 0 saturated carbocycles. The Morgan fingerprint density at radius 3 is 2.38 bits per heavy atom. The van der Waals surface area contributed by atoms with Crippen LogP contribution in [0, 0.1) is 6.92 Å². The Kier molecular flexibility index (Phi) is 5.04. The van der Waals surface area contributed by atoms with Crippen LogP contribution < -0.4 is 0 Å². The first-order valence-electron chi connectivity index (χ1n) is 6.60. The molecule has 0 radical (unpaired) electrons. The fraction of sp³-hybridized carbons (Fsp3) is 0.250. The quantitative estimate of drug-likeness (QED) is 0.789. The molecule has 2 rings (SSSR count). The van der Waals surface area contributed by atoms with Gasteiger partial charge in [-0.05, 0) is 30.2 Å². The summed E-state index contributed by atoms with van der Waals surface area (Å²) in [6, 6.07) is 14.6. The van der Waals surface area contributed by atoms with Crippen molar-refractivity contribution in [3.8, 4) is 0 Å². The summed E-state index contributed by atoms with van der Waals surface area (Å²) in [4.78, 5) is 0.274. The zero-order valence-electron chi connectivity index (χ0n) is 12.1. The SMILES string of the molecule is Cc1cccc(CN(C)S(=O)(=O)c2cccc(CCl)c2)c1. The van der Waals surface area contributed by atoms with Crippen LogP contribution >= 0.6 is 11.6 Å². The molecule has 0 spiro atoms. The van der Waals surface area contributed by atoms with Crippen molar-refractivity contribution in [2.75, 3.05) is 7.05 Å². The highest BCUT2D eigenvalue weighted by Crippen LogP contribution is 2.19. The Balaban J connectivity index is 2.26. The third kappa shape index (κ3) is 3.84. The molecule has 0 unspecified atom stereocenters. The molecule has 0 saturated heterocycles. The number of nitrogens with zero attached hydrogens (tertiary/aromatic N) is 1. The van der Waals surface area contributed by atoms with Gasteiger partial charge in [0, 0.05) is 19.5 Å². The summed E-state index contributed by atoms with van der Waals surface area (Å²) in [6.45, 7) is 2.33. The van der Waals surface area contributed by atoms with Crippen LogP contribution in [0.15, 0.2) is 53.4 Å². The normalized spacial score (nSPS) is 11.8. The van der Waals surface area contributed by atoms with E-state index in [9.17, 15) is 8.42 Å². The molecule has 0 N–H and O–H groups in total. The lowest BCUT2D eigenvalue weighted by Gasteiger charge is -2.18. The largest absolute Gasteiger partial charge is 0.243 e. The van der Waals surface area contributed by atoms with E-state index in [1.807, 2.05) is 37.3 Å². The minimum atomic E-state index is -3.51. The molecule has 2 aromatic carbocycles. The summed E-state index contributed by atoms with van der Waals surface area (Å²) in [7, 11) is -1.92. The van der Waals surface area contributed by atoms with Crippen LogP contribution in [0.25, 0.3) is 0 Å².